The molecule has 8 N–H and O–H groups in total. The van der Waals surface area contributed by atoms with Gasteiger partial charge in [-0.2, -0.15) is 0 Å². The zero-order valence-corrected chi connectivity index (χ0v) is 34.7. The van der Waals surface area contributed by atoms with Gasteiger partial charge in [0, 0.05) is 76.5 Å². The van der Waals surface area contributed by atoms with Gasteiger partial charge in [-0.15, -0.1) is 0 Å². The van der Waals surface area contributed by atoms with E-state index in [1.165, 1.54) is 0 Å². The largest absolute Gasteiger partial charge is 1.00 e. The summed E-state index contributed by atoms with van der Waals surface area (Å²) in [6, 6.07) is 22.0. The maximum atomic E-state index is 13.2. The molecule has 6 aromatic rings. The maximum absolute atomic E-state index is 13.2. The van der Waals surface area contributed by atoms with Crippen LogP contribution >= 0.6 is 34.8 Å². The summed E-state index contributed by atoms with van der Waals surface area (Å²) < 4.78 is -2.05. The number of H-pyrrole nitrogens is 2. The minimum absolute atomic E-state index is 0. The summed E-state index contributed by atoms with van der Waals surface area (Å²) in [6.07, 6.45) is 1.63. The average molecular weight is 823 g/mol. The molecule has 8 rings (SSSR count). The van der Waals surface area contributed by atoms with Gasteiger partial charge in [0.1, 0.15) is 0 Å². The van der Waals surface area contributed by atoms with Gasteiger partial charge in [-0.3, -0.25) is 24.0 Å². The molecule has 0 saturated carbocycles. The number of alkyl halides is 3. The van der Waals surface area contributed by atoms with Crippen molar-refractivity contribution in [3.8, 4) is 0 Å². The van der Waals surface area contributed by atoms with E-state index in [1.54, 1.807) is 30.3 Å². The van der Waals surface area contributed by atoms with Crippen molar-refractivity contribution in [1.82, 2.24) is 15.3 Å². The van der Waals surface area contributed by atoms with Crippen LogP contribution in [0.5, 0.6) is 0 Å². The van der Waals surface area contributed by atoms with Gasteiger partial charge in [0.25, 0.3) is 9.70 Å². The van der Waals surface area contributed by atoms with Gasteiger partial charge in [0.05, 0.1) is 11.4 Å². The number of nitrogens with two attached hydrogens (primary N) is 2. The second-order valence-corrected chi connectivity index (χ2v) is 15.6. The number of aryl methyl sites for hydroxylation is 1. The van der Waals surface area contributed by atoms with Crippen molar-refractivity contribution >= 4 is 74.1 Å². The molecule has 2 aliphatic rings. The van der Waals surface area contributed by atoms with Crippen LogP contribution in [-0.2, 0) is 43.7 Å². The maximum Gasteiger partial charge on any atom is 1.00 e. The standard InChI is InChI=1S/C22H17Cl3N2O3.C19H17N3O2.Na.H2O/c1-2-11-4-6-17-15(7-11)19(28)16-9-13-5-3-12(10-26-21(30)22(23,24)25)8-14(13)20(29)18(16)27-17;20-8-10-1-3-12-7-15-17(19(24)13(12)5-10)22-16-4-2-11(9-21)6-14(16)18(15)23;;/h3-8H,2,9-10H2,1H3,(H,26,30)(H,27,28);1-6H,7-9,20-21H2,(H,22,23);;1H2/q;;+1;/p-1. The monoisotopic (exact) mass is 821 g/mol. The number of aromatic nitrogens is 2. The number of amides is 1. The van der Waals surface area contributed by atoms with Gasteiger partial charge >= 0.3 is 29.6 Å². The third-order valence-corrected chi connectivity index (χ3v) is 10.5. The molecule has 0 aliphatic heterocycles. The van der Waals surface area contributed by atoms with Gasteiger partial charge in [-0.05, 0) is 76.2 Å². The molecule has 2 aliphatic carbocycles. The zero-order chi connectivity index (χ0) is 38.5. The number of carbonyl (C=O) groups is 3. The molecule has 0 bridgehead atoms. The van der Waals surface area contributed by atoms with E-state index in [2.05, 4.69) is 15.3 Å². The Bertz CT molecular complexity index is 2690. The molecule has 0 radical (unpaired) electrons. The summed E-state index contributed by atoms with van der Waals surface area (Å²) in [7, 11) is 0. The van der Waals surface area contributed by atoms with E-state index in [-0.39, 0.29) is 64.0 Å². The van der Waals surface area contributed by atoms with Gasteiger partial charge < -0.3 is 32.2 Å². The van der Waals surface area contributed by atoms with Crippen molar-refractivity contribution in [2.45, 2.75) is 49.6 Å². The fourth-order valence-corrected chi connectivity index (χ4v) is 7.17. The first-order chi connectivity index (χ1) is 25.8. The predicted molar refractivity (Wildman–Crippen MR) is 214 cm³/mol. The molecule has 0 fully saturated rings. The van der Waals surface area contributed by atoms with Crippen LogP contribution in [-0.4, -0.2) is 36.7 Å². The smallest absolute Gasteiger partial charge is 0.870 e. The quantitative estimate of drug-likeness (QED) is 0.128. The zero-order valence-electron chi connectivity index (χ0n) is 30.4. The molecule has 0 atom stereocenters. The third-order valence-electron chi connectivity index (χ3n) is 9.94. The van der Waals surface area contributed by atoms with Crippen LogP contribution in [0.3, 0.4) is 0 Å². The van der Waals surface area contributed by atoms with Crippen LogP contribution in [0.1, 0.15) is 83.5 Å². The minimum atomic E-state index is -2.05. The van der Waals surface area contributed by atoms with Gasteiger partial charge in [-0.25, -0.2) is 0 Å². The Kier molecular flexibility index (Phi) is 13.2. The molecule has 282 valence electrons. The first kappa shape index (κ1) is 43.0. The number of pyridine rings is 2. The summed E-state index contributed by atoms with van der Waals surface area (Å²) in [5.41, 5.74) is 20.4. The fraction of sp³-hybridized carbons (Fsp3) is 0.195. The molecule has 0 saturated heterocycles. The second-order valence-electron chi connectivity index (χ2n) is 13.3. The van der Waals surface area contributed by atoms with Crippen molar-refractivity contribution in [2.75, 3.05) is 0 Å². The van der Waals surface area contributed by atoms with Crippen LogP contribution in [0, 0.1) is 0 Å². The van der Waals surface area contributed by atoms with E-state index in [0.29, 0.717) is 86.9 Å². The summed E-state index contributed by atoms with van der Waals surface area (Å²) in [5.74, 6) is -1.15. The fourth-order valence-electron chi connectivity index (χ4n) is 6.97. The number of hydrogen-bond acceptors (Lipinski definition) is 8. The van der Waals surface area contributed by atoms with E-state index in [1.807, 2.05) is 49.4 Å². The van der Waals surface area contributed by atoms with Gasteiger partial charge in [-0.1, -0.05) is 78.1 Å². The second kappa shape index (κ2) is 17.2. The van der Waals surface area contributed by atoms with Crippen molar-refractivity contribution in [2.24, 2.45) is 11.5 Å². The number of fused-ring (bicyclic) bond motifs is 6. The Hall–Kier alpha value is -4.14. The average Bonchev–Trinajstić information content (AvgIpc) is 3.17. The normalized spacial score (nSPS) is 12.6. The molecule has 2 heterocycles. The first-order valence-corrected chi connectivity index (χ1v) is 18.4. The molecule has 0 unspecified atom stereocenters. The number of nitrogens with one attached hydrogen (secondary N) is 3. The number of halogens is 3. The minimum Gasteiger partial charge on any atom is -0.870 e. The predicted octanol–water partition coefficient (Wildman–Crippen LogP) is 2.62. The van der Waals surface area contributed by atoms with Crippen LogP contribution in [0.15, 0.2) is 82.4 Å². The van der Waals surface area contributed by atoms with E-state index < -0.39 is 9.70 Å². The van der Waals surface area contributed by atoms with Crippen molar-refractivity contribution in [3.63, 3.8) is 0 Å². The third kappa shape index (κ3) is 8.15. The molecular weight excluding hydrogens is 788 g/mol. The Balaban J connectivity index is 0.000000211. The molecule has 1 amide bonds. The first-order valence-electron chi connectivity index (χ1n) is 17.2. The molecule has 15 heteroatoms. The number of hydrogen-bond donors (Lipinski definition) is 5. The van der Waals surface area contributed by atoms with E-state index in [4.69, 9.17) is 46.3 Å². The number of rotatable bonds is 5. The summed E-state index contributed by atoms with van der Waals surface area (Å²) >= 11 is 16.7. The number of carbonyl (C=O) groups excluding carboxylic acids is 3. The number of ketones is 2. The SMILES string of the molecule is CCc1ccc2[nH]c3c(c(=O)c2c1)Cc1ccc(CNC(=O)C(Cl)(Cl)Cl)cc1C3=O.NCc1ccc2c(c1)C(=O)c1[nH]c3ccc(CN)cc3c(=O)c1C2.[Na+].[OH-]. The summed E-state index contributed by atoms with van der Waals surface area (Å²) in [5, 5.41) is 3.69. The molecule has 56 heavy (non-hydrogen) atoms. The van der Waals surface area contributed by atoms with Crippen molar-refractivity contribution in [3.05, 3.63) is 160 Å². The Morgan fingerprint density at radius 3 is 1.59 bits per heavy atom. The Morgan fingerprint density at radius 2 is 1.11 bits per heavy atom. The van der Waals surface area contributed by atoms with Crippen LogP contribution in [0.25, 0.3) is 21.8 Å². The van der Waals surface area contributed by atoms with Gasteiger partial charge in [0.15, 0.2) is 10.9 Å². The van der Waals surface area contributed by atoms with E-state index >= 15 is 0 Å². The van der Waals surface area contributed by atoms with E-state index in [0.717, 1.165) is 34.2 Å². The topological polar surface area (TPSA) is 211 Å². The van der Waals surface area contributed by atoms with Crippen LogP contribution in [0.2, 0.25) is 0 Å². The number of benzene rings is 4. The Morgan fingerprint density at radius 1 is 0.679 bits per heavy atom. The van der Waals surface area contributed by atoms with Crippen molar-refractivity contribution in [1.29, 1.82) is 0 Å². The number of aromatic amines is 2. The summed E-state index contributed by atoms with van der Waals surface area (Å²) in [6.45, 7) is 2.88. The molecule has 2 aromatic heterocycles. The van der Waals surface area contributed by atoms with Crippen LogP contribution < -0.4 is 57.2 Å². The summed E-state index contributed by atoms with van der Waals surface area (Å²) in [4.78, 5) is 70.0. The molecular formula is C41H35Cl3N5NaO6. The van der Waals surface area contributed by atoms with Gasteiger partial charge in [0.2, 0.25) is 11.6 Å². The molecule has 11 nitrogen and oxygen atoms in total. The Labute approximate surface area is 357 Å². The van der Waals surface area contributed by atoms with E-state index in [9.17, 15) is 24.0 Å². The van der Waals surface area contributed by atoms with Crippen molar-refractivity contribution < 1.29 is 49.4 Å². The van der Waals surface area contributed by atoms with Crippen LogP contribution in [0.4, 0.5) is 0 Å². The molecule has 0 spiro atoms. The molecule has 4 aromatic carbocycles.